The van der Waals surface area contributed by atoms with Crippen LogP contribution in [0.3, 0.4) is 0 Å². The molecule has 0 spiro atoms. The zero-order valence-electron chi connectivity index (χ0n) is 71.8. The van der Waals surface area contributed by atoms with E-state index in [0.717, 1.165) is 29.8 Å². The van der Waals surface area contributed by atoms with E-state index in [-0.39, 0.29) is 104 Å². The summed E-state index contributed by atoms with van der Waals surface area (Å²) in [5.74, 6) is -4.48. The van der Waals surface area contributed by atoms with Crippen LogP contribution in [0.2, 0.25) is 0 Å². The van der Waals surface area contributed by atoms with Crippen LogP contribution < -0.4 is 0 Å². The van der Waals surface area contributed by atoms with Crippen molar-refractivity contribution in [2.75, 3.05) is 82.6 Å². The van der Waals surface area contributed by atoms with Gasteiger partial charge in [-0.25, -0.2) is 0 Å². The zero-order valence-corrected chi connectivity index (χ0v) is 75.9. The smallest absolute Gasteiger partial charge is 0.303 e. The Kier molecular flexibility index (Phi) is 33.7. The fourth-order valence-corrected chi connectivity index (χ4v) is 20.8. The molecule has 0 saturated carbocycles. The Morgan fingerprint density at radius 3 is 1.35 bits per heavy atom. The molecule has 15 saturated heterocycles. The van der Waals surface area contributed by atoms with Gasteiger partial charge >= 0.3 is 5.97 Å². The topological polar surface area (TPSA) is 518 Å². The van der Waals surface area contributed by atoms with Crippen molar-refractivity contribution in [1.82, 2.24) is 0 Å². The second-order valence-electron chi connectivity index (χ2n) is 35.5. The summed E-state index contributed by atoms with van der Waals surface area (Å²) in [7, 11) is -7.59. The lowest BCUT2D eigenvalue weighted by Gasteiger charge is -2.37. The molecule has 0 aromatic heterocycles. The SMILES string of the molecule is CC(=O)OC1SCC2OC(C)(C)O[C@@H]21.CC1(C)OC2CS[C@@H](C(O)CO)[C@H]2O1.CC1(C)OCC([C@@H](O)C2OC(C)(C)O[C@H]2CO)O1.CC1(C)OCC([C@@H](OS(C)(=O)=O)C2OC(C)(C)O[C@H]2COS(C)(=O)=O)O1.CC1(C)OCC([C@@H]2SCC3OC(C)(C)O[C@@H]32)O1.CC1(C)OCC([C@H]2OC(O)[C@@H]3OC(C)(C)OC23)O1.OCC1O[C@@H](O)C(O)[C@H](O)[C@@H]1O. The number of ether oxygens (including phenoxy) is 23. The van der Waals surface area contributed by atoms with Crippen molar-refractivity contribution in [2.45, 2.75) is 378 Å². The first-order chi connectivity index (χ1) is 54.5. The molecule has 0 aromatic rings. The summed E-state index contributed by atoms with van der Waals surface area (Å²) in [5.41, 5.74) is -0.209. The minimum atomic E-state index is -3.87. The number of thioether (sulfide) groups is 3. The molecule has 15 heterocycles. The van der Waals surface area contributed by atoms with Gasteiger partial charge in [0.05, 0.1) is 100 Å². The summed E-state index contributed by atoms with van der Waals surface area (Å²) >= 11 is 5.06. The second-order valence-corrected chi connectivity index (χ2v) is 42.3. The zero-order chi connectivity index (χ0) is 88.9. The van der Waals surface area contributed by atoms with E-state index in [1.165, 1.54) is 6.92 Å². The molecule has 0 bridgehead atoms. The van der Waals surface area contributed by atoms with Crippen molar-refractivity contribution in [1.29, 1.82) is 0 Å². The van der Waals surface area contributed by atoms with Crippen molar-refractivity contribution in [3.05, 3.63) is 0 Å². The Bertz CT molecular complexity index is 3490. The van der Waals surface area contributed by atoms with E-state index in [0.29, 0.717) is 25.1 Å². The van der Waals surface area contributed by atoms with Crippen LogP contribution in [0.25, 0.3) is 0 Å². The third-order valence-electron chi connectivity index (χ3n) is 20.3. The lowest BCUT2D eigenvalue weighted by molar-refractivity contribution is -0.286. The number of carbonyl (C=O) groups excluding carboxylic acids is 1. The van der Waals surface area contributed by atoms with Gasteiger partial charge < -0.3 is 160 Å². The molecular formula is C74H130O40S5. The quantitative estimate of drug-likeness (QED) is 0.0720. The van der Waals surface area contributed by atoms with Gasteiger partial charge in [-0.2, -0.15) is 40.4 Å². The first-order valence-corrected chi connectivity index (χ1v) is 46.4. The maximum atomic E-state index is 11.8. The van der Waals surface area contributed by atoms with Crippen molar-refractivity contribution in [2.24, 2.45) is 0 Å². The van der Waals surface area contributed by atoms with Gasteiger partial charge in [0.25, 0.3) is 20.2 Å². The molecule has 15 unspecified atom stereocenters. The van der Waals surface area contributed by atoms with Crippen LogP contribution in [0.15, 0.2) is 0 Å². The molecule has 29 atom stereocenters. The lowest BCUT2D eigenvalue weighted by Crippen LogP contribution is -2.58. The molecular weight excluding hydrogens is 1690 g/mol. The number of esters is 1. The number of aliphatic hydroxyl groups is 10. The highest BCUT2D eigenvalue weighted by atomic mass is 32.2. The summed E-state index contributed by atoms with van der Waals surface area (Å²) in [5, 5.41) is 92.8. The van der Waals surface area contributed by atoms with Gasteiger partial charge in [-0.1, -0.05) is 0 Å². The van der Waals surface area contributed by atoms with E-state index in [1.807, 2.05) is 94.8 Å². The summed E-state index contributed by atoms with van der Waals surface area (Å²) < 4.78 is 185. The Labute approximate surface area is 708 Å². The summed E-state index contributed by atoms with van der Waals surface area (Å²) in [6.07, 6.45) is -14.2. The van der Waals surface area contributed by atoms with Gasteiger partial charge in [0.15, 0.2) is 75.9 Å². The molecule has 10 N–H and O–H groups in total. The van der Waals surface area contributed by atoms with Crippen LogP contribution in [-0.4, -0.2) is 389 Å². The molecule has 45 heteroatoms. The Morgan fingerprint density at radius 2 is 0.849 bits per heavy atom. The van der Waals surface area contributed by atoms with Crippen molar-refractivity contribution < 1.29 is 190 Å². The average molecular weight is 1820 g/mol. The number of aliphatic hydroxyl groups excluding tert-OH is 10. The van der Waals surface area contributed by atoms with E-state index in [4.69, 9.17) is 143 Å². The van der Waals surface area contributed by atoms with E-state index < -0.39 is 183 Å². The van der Waals surface area contributed by atoms with Gasteiger partial charge in [-0.3, -0.25) is 13.2 Å². The van der Waals surface area contributed by atoms with Gasteiger partial charge in [0.2, 0.25) is 0 Å². The minimum Gasteiger partial charge on any atom is -0.449 e. The normalized spacial score (nSPS) is 42.0. The lowest BCUT2D eigenvalue weighted by atomic mass is 10.00. The van der Waals surface area contributed by atoms with Gasteiger partial charge in [0.1, 0.15) is 122 Å². The first kappa shape index (κ1) is 102. The molecule has 15 rings (SSSR count). The molecule has 119 heavy (non-hydrogen) atoms. The minimum absolute atomic E-state index is 0.0550. The molecule has 0 aliphatic carbocycles. The van der Waals surface area contributed by atoms with Crippen molar-refractivity contribution >= 4 is 61.5 Å². The predicted octanol–water partition coefficient (Wildman–Crippen LogP) is 0.0350. The monoisotopic (exact) mass is 1820 g/mol. The maximum Gasteiger partial charge on any atom is 0.303 e. The van der Waals surface area contributed by atoms with Crippen LogP contribution >= 0.6 is 35.3 Å². The van der Waals surface area contributed by atoms with E-state index in [9.17, 15) is 42.1 Å². The van der Waals surface area contributed by atoms with E-state index in [2.05, 4.69) is 4.74 Å². The first-order valence-electron chi connectivity index (χ1n) is 39.6. The van der Waals surface area contributed by atoms with Crippen molar-refractivity contribution in [3.63, 3.8) is 0 Å². The average Bonchev–Trinajstić information content (AvgIpc) is 1.61. The fraction of sp³-hybridized carbons (Fsp3) is 0.986. The van der Waals surface area contributed by atoms with Gasteiger partial charge in [-0.15, -0.1) is 11.8 Å². The number of hydrogen-bond acceptors (Lipinski definition) is 43. The molecule has 15 fully saturated rings. The number of fused-ring (bicyclic) bond motifs is 4. The Morgan fingerprint density at radius 1 is 0.412 bits per heavy atom. The Hall–Kier alpha value is -0.940. The summed E-state index contributed by atoms with van der Waals surface area (Å²) in [6.45, 7) is 38.0. The van der Waals surface area contributed by atoms with E-state index in [1.54, 1.807) is 78.9 Å². The highest BCUT2D eigenvalue weighted by Gasteiger charge is 2.61. The van der Waals surface area contributed by atoms with Crippen LogP contribution in [0.5, 0.6) is 0 Å². The number of hydrogen-bond donors (Lipinski definition) is 10. The van der Waals surface area contributed by atoms with Crippen LogP contribution in [0, 0.1) is 0 Å². The highest BCUT2D eigenvalue weighted by Crippen LogP contribution is 2.48. The molecule has 0 radical (unpaired) electrons. The largest absolute Gasteiger partial charge is 0.449 e. The van der Waals surface area contributed by atoms with E-state index >= 15 is 0 Å². The fourth-order valence-electron chi connectivity index (χ4n) is 15.7. The second kappa shape index (κ2) is 39.4. The van der Waals surface area contributed by atoms with Crippen LogP contribution in [0.4, 0.5) is 0 Å². The third kappa shape index (κ3) is 28.0. The predicted molar refractivity (Wildman–Crippen MR) is 417 cm³/mol. The Balaban J connectivity index is 0.000000160. The molecule has 15 aliphatic rings. The number of rotatable bonds is 16. The molecule has 0 aromatic carbocycles. The highest BCUT2D eigenvalue weighted by molar-refractivity contribution is 8.00. The molecule has 0 amide bonds. The van der Waals surface area contributed by atoms with Crippen LogP contribution in [0.1, 0.15) is 145 Å². The number of carbonyl (C=O) groups is 1. The standard InChI is InChI=1S/C14H26O10S2.C12H20O6.C12H22O6.C12H20O4S.C9H16O4S.C9H14O4S.C6H12O6/c1-13(2)19-7-9(21-13)12(24-26(6,17)18)11-10(8-20-25(5,15)16)22-14(3,4)23-11;1-11(2)14-5-6(16-11)7-8-9(10(13)15-7)18-12(3,4)17-8;1-11(2)15-6-8(17-11)9(14)10-7(5-13)16-12(3,4)18-10;1-11(2)13-5-7(14-11)10-9-8(6-17-10)15-12(3,4)16-9;1-9(2)12-6-4-14-8(5(11)3-10)7(6)13-9;1-5(10)11-8-7-6(4-14-8)12-9(2,3)13-7;7-1-2-3(8)4(9)5(10)6(11)12-2/h9-12H,7-8H2,1-6H3;6-10,13H,5H2,1-4H3;7-10,13-14H,5-6H2,1-4H3;7-10H,5-6H2,1-4H3;5-8,10-11H,3-4H2,1-2H3;6-8H,4H2,1-3H3;2-11H,1H2/t9?,10-,11?,12+;6?,7-,8?,9-,10?;7-,8?,9+,10?;7?,8?,9-,10-;5?,6?,7-,8-;6?,7-,8?;2?,3-,4-,5?,6-/m0100001/s1. The summed E-state index contributed by atoms with van der Waals surface area (Å²) in [6, 6.07) is 0. The van der Waals surface area contributed by atoms with Crippen LogP contribution in [-0.2, 0) is 142 Å². The van der Waals surface area contributed by atoms with Gasteiger partial charge in [0, 0.05) is 24.2 Å². The molecule has 15 aliphatic heterocycles. The van der Waals surface area contributed by atoms with Crippen molar-refractivity contribution in [3.8, 4) is 0 Å². The molecule has 696 valence electrons. The summed E-state index contributed by atoms with van der Waals surface area (Å²) in [4.78, 5) is 10.8. The van der Waals surface area contributed by atoms with Gasteiger partial charge in [-0.05, 0) is 138 Å². The maximum absolute atomic E-state index is 11.8. The molecule has 40 nitrogen and oxygen atoms in total. The third-order valence-corrected chi connectivity index (χ3v) is 25.6.